The highest BCUT2D eigenvalue weighted by atomic mass is 16.6. The molecule has 3 rings (SSSR count). The smallest absolute Gasteiger partial charge is 0.408 e. The van der Waals surface area contributed by atoms with Crippen LogP contribution in [0, 0.1) is 11.8 Å². The van der Waals surface area contributed by atoms with Crippen LogP contribution in [-0.2, 0) is 30.2 Å². The predicted octanol–water partition coefficient (Wildman–Crippen LogP) is 6.48. The molecular weight excluding hydrogens is 743 g/mol. The SMILES string of the molecule is CC(C)C[C@@H](/C=C/[C@H](Cc1ccccc1)C(O)N1CCC[C@H]1C(=O)N[C@@H](CCCNC(=O)OC1CC(C)(C)N(O)C(C)(C)C1)C(=O)OC(C)C)NC(=O)OC(C)(C)C. The first-order chi connectivity index (χ1) is 27.0. The zero-order chi connectivity index (χ0) is 43.4. The molecule has 5 N–H and O–H groups in total. The van der Waals surface area contributed by atoms with Gasteiger partial charge in [-0.25, -0.2) is 14.4 Å². The molecule has 58 heavy (non-hydrogen) atoms. The number of hydrogen-bond donors (Lipinski definition) is 5. The second-order valence-corrected chi connectivity index (χ2v) is 18.9. The quantitative estimate of drug-likeness (QED) is 0.0474. The fourth-order valence-corrected chi connectivity index (χ4v) is 8.00. The average molecular weight is 816 g/mol. The summed E-state index contributed by atoms with van der Waals surface area (Å²) < 4.78 is 16.8. The van der Waals surface area contributed by atoms with E-state index in [1.165, 1.54) is 5.06 Å². The van der Waals surface area contributed by atoms with Crippen molar-refractivity contribution >= 4 is 24.1 Å². The lowest BCUT2D eigenvalue weighted by molar-refractivity contribution is -0.256. The van der Waals surface area contributed by atoms with Crippen molar-refractivity contribution in [2.45, 2.75) is 181 Å². The Morgan fingerprint density at radius 2 is 1.59 bits per heavy atom. The van der Waals surface area contributed by atoms with Gasteiger partial charge in [-0.3, -0.25) is 9.69 Å². The number of likely N-dealkylation sites (tertiary alicyclic amines) is 1. The number of alkyl carbamates (subject to hydrolysis) is 2. The number of rotatable bonds is 18. The Balaban J connectivity index is 1.71. The standard InChI is InChI=1S/C44H73N5O9/c1-29(2)25-33(46-41(54)58-42(5,6)7)22-21-32(26-31-17-13-12-14-18-31)38(51)48-24-16-20-36(48)37(50)47-35(39(52)56-30(3)4)19-15-23-45-40(53)57-34-27-43(8,9)49(55)44(10,11)28-34/h12-14,17-18,21-22,29-30,32-36,38,51,55H,15-16,19-20,23-28H2,1-11H3,(H,45,53)(H,46,54)(H,47,50)/b22-21+/t32-,33-,35+,36+,38?/m1/s1. The minimum atomic E-state index is -1.05. The number of esters is 1. The number of benzene rings is 1. The van der Waals surface area contributed by atoms with Crippen molar-refractivity contribution in [2.75, 3.05) is 13.1 Å². The van der Waals surface area contributed by atoms with E-state index in [1.807, 2.05) is 91.0 Å². The summed E-state index contributed by atoms with van der Waals surface area (Å²) in [6, 6.07) is 7.78. The number of aliphatic hydroxyl groups excluding tert-OH is 1. The van der Waals surface area contributed by atoms with E-state index in [2.05, 4.69) is 29.8 Å². The zero-order valence-corrected chi connectivity index (χ0v) is 36.9. The van der Waals surface area contributed by atoms with Gasteiger partial charge in [-0.15, -0.1) is 0 Å². The highest BCUT2D eigenvalue weighted by Crippen LogP contribution is 2.38. The van der Waals surface area contributed by atoms with Crippen LogP contribution in [0.2, 0.25) is 0 Å². The highest BCUT2D eigenvalue weighted by molar-refractivity contribution is 5.87. The highest BCUT2D eigenvalue weighted by Gasteiger charge is 2.46. The molecule has 2 aliphatic heterocycles. The van der Waals surface area contributed by atoms with Gasteiger partial charge in [0.25, 0.3) is 0 Å². The van der Waals surface area contributed by atoms with Crippen LogP contribution in [0.1, 0.15) is 127 Å². The molecule has 1 aromatic carbocycles. The third-order valence-corrected chi connectivity index (χ3v) is 10.4. The van der Waals surface area contributed by atoms with E-state index >= 15 is 0 Å². The summed E-state index contributed by atoms with van der Waals surface area (Å²) in [5.41, 5.74) is -0.792. The number of carbonyl (C=O) groups excluding carboxylic acids is 4. The number of amides is 3. The molecule has 3 amide bonds. The Morgan fingerprint density at radius 3 is 2.17 bits per heavy atom. The minimum absolute atomic E-state index is 0.203. The van der Waals surface area contributed by atoms with Crippen LogP contribution < -0.4 is 16.0 Å². The molecule has 0 aromatic heterocycles. The molecule has 0 radical (unpaired) electrons. The molecule has 2 fully saturated rings. The fourth-order valence-electron chi connectivity index (χ4n) is 8.00. The Morgan fingerprint density at radius 1 is 0.948 bits per heavy atom. The maximum atomic E-state index is 14.0. The Kier molecular flexibility index (Phi) is 18.0. The van der Waals surface area contributed by atoms with E-state index in [-0.39, 0.29) is 36.9 Å². The van der Waals surface area contributed by atoms with Crippen LogP contribution in [0.3, 0.4) is 0 Å². The van der Waals surface area contributed by atoms with E-state index < -0.39 is 65.2 Å². The Bertz CT molecular complexity index is 1490. The first-order valence-electron chi connectivity index (χ1n) is 21.1. The third kappa shape index (κ3) is 15.8. The van der Waals surface area contributed by atoms with Crippen LogP contribution >= 0.6 is 0 Å². The maximum Gasteiger partial charge on any atom is 0.408 e. The number of hydrogen-bond acceptors (Lipinski definition) is 11. The summed E-state index contributed by atoms with van der Waals surface area (Å²) in [4.78, 5) is 54.5. The zero-order valence-electron chi connectivity index (χ0n) is 36.9. The van der Waals surface area contributed by atoms with Crippen LogP contribution in [0.25, 0.3) is 0 Å². The number of piperidine rings is 1. The molecule has 0 spiro atoms. The molecule has 2 saturated heterocycles. The van der Waals surface area contributed by atoms with E-state index in [0.717, 1.165) is 5.56 Å². The predicted molar refractivity (Wildman–Crippen MR) is 223 cm³/mol. The van der Waals surface area contributed by atoms with E-state index in [0.29, 0.717) is 51.5 Å². The van der Waals surface area contributed by atoms with Crippen molar-refractivity contribution < 1.29 is 43.7 Å². The topological polar surface area (TPSA) is 179 Å². The van der Waals surface area contributed by atoms with Gasteiger partial charge in [-0.2, -0.15) is 5.06 Å². The summed E-state index contributed by atoms with van der Waals surface area (Å²) in [6.45, 7) is 21.3. The van der Waals surface area contributed by atoms with Crippen molar-refractivity contribution in [1.29, 1.82) is 0 Å². The second-order valence-electron chi connectivity index (χ2n) is 18.9. The van der Waals surface area contributed by atoms with Gasteiger partial charge in [-0.05, 0) is 112 Å². The lowest BCUT2D eigenvalue weighted by atomic mass is 9.80. The maximum absolute atomic E-state index is 14.0. The number of nitrogens with zero attached hydrogens (tertiary/aromatic N) is 2. The largest absolute Gasteiger partial charge is 0.461 e. The fraction of sp³-hybridized carbons (Fsp3) is 0.727. The van der Waals surface area contributed by atoms with Gasteiger partial charge in [0.05, 0.1) is 18.2 Å². The van der Waals surface area contributed by atoms with Gasteiger partial charge >= 0.3 is 18.2 Å². The molecule has 1 unspecified atom stereocenters. The summed E-state index contributed by atoms with van der Waals surface area (Å²) >= 11 is 0. The molecule has 0 aliphatic carbocycles. The van der Waals surface area contributed by atoms with Gasteiger partial charge in [0, 0.05) is 42.9 Å². The van der Waals surface area contributed by atoms with Crippen LogP contribution in [-0.4, -0.2) is 111 Å². The molecular formula is C44H73N5O9. The van der Waals surface area contributed by atoms with E-state index in [1.54, 1.807) is 18.7 Å². The van der Waals surface area contributed by atoms with E-state index in [4.69, 9.17) is 14.2 Å². The molecule has 2 aliphatic rings. The van der Waals surface area contributed by atoms with Crippen molar-refractivity contribution in [3.63, 3.8) is 0 Å². The normalized spacial score (nSPS) is 21.0. The third-order valence-electron chi connectivity index (χ3n) is 10.4. The molecule has 14 nitrogen and oxygen atoms in total. The number of ether oxygens (including phenoxy) is 3. The van der Waals surface area contributed by atoms with Crippen molar-refractivity contribution in [3.8, 4) is 0 Å². The minimum Gasteiger partial charge on any atom is -0.461 e. The molecule has 0 saturated carbocycles. The number of nitrogens with one attached hydrogen (secondary N) is 3. The molecule has 14 heteroatoms. The van der Waals surface area contributed by atoms with Crippen LogP contribution in [0.15, 0.2) is 42.5 Å². The number of carbonyl (C=O) groups is 4. The number of aliphatic hydroxyl groups is 1. The van der Waals surface area contributed by atoms with Gasteiger partial charge in [0.2, 0.25) is 5.91 Å². The van der Waals surface area contributed by atoms with Gasteiger partial charge in [0.15, 0.2) is 0 Å². The van der Waals surface area contributed by atoms with Gasteiger partial charge < -0.3 is 40.5 Å². The van der Waals surface area contributed by atoms with Gasteiger partial charge in [-0.1, -0.05) is 56.3 Å². The summed E-state index contributed by atoms with van der Waals surface area (Å²) in [7, 11) is 0. The molecule has 0 bridgehead atoms. The van der Waals surface area contributed by atoms with Crippen molar-refractivity contribution in [1.82, 2.24) is 25.9 Å². The van der Waals surface area contributed by atoms with Gasteiger partial charge in [0.1, 0.15) is 24.0 Å². The molecule has 5 atom stereocenters. The number of hydroxylamine groups is 2. The Labute approximate surface area is 346 Å². The lowest BCUT2D eigenvalue weighted by Crippen LogP contribution is -2.60. The lowest BCUT2D eigenvalue weighted by Gasteiger charge is -2.50. The van der Waals surface area contributed by atoms with Crippen LogP contribution in [0.5, 0.6) is 0 Å². The molecule has 328 valence electrons. The average Bonchev–Trinajstić information content (AvgIpc) is 3.59. The first kappa shape index (κ1) is 48.6. The van der Waals surface area contributed by atoms with Crippen molar-refractivity contribution in [3.05, 3.63) is 48.0 Å². The molecule has 1 aromatic rings. The Hall–Kier alpha value is -3.72. The summed E-state index contributed by atoms with van der Waals surface area (Å²) in [5, 5.41) is 32.6. The summed E-state index contributed by atoms with van der Waals surface area (Å²) in [6.07, 6.45) is 4.69. The first-order valence-corrected chi connectivity index (χ1v) is 21.1. The second kappa shape index (κ2) is 21.5. The molecule has 2 heterocycles. The van der Waals surface area contributed by atoms with Crippen molar-refractivity contribution in [2.24, 2.45) is 11.8 Å². The monoisotopic (exact) mass is 816 g/mol. The summed E-state index contributed by atoms with van der Waals surface area (Å²) in [5.74, 6) is -1.13. The van der Waals surface area contributed by atoms with Crippen LogP contribution in [0.4, 0.5) is 9.59 Å². The van der Waals surface area contributed by atoms with E-state index in [9.17, 15) is 29.5 Å².